The summed E-state index contributed by atoms with van der Waals surface area (Å²) in [7, 11) is 0. The largest absolute Gasteiger partial charge is 0.329 e. The Kier molecular flexibility index (Phi) is 9.51. The van der Waals surface area contributed by atoms with Crippen LogP contribution >= 0.6 is 0 Å². The first-order chi connectivity index (χ1) is 22.9. The Bertz CT molecular complexity index is 1980. The molecule has 3 aliphatic rings. The van der Waals surface area contributed by atoms with Crippen molar-refractivity contribution in [1.82, 2.24) is 19.1 Å². The summed E-state index contributed by atoms with van der Waals surface area (Å²) in [6, 6.07) is 17.8. The molecule has 0 saturated heterocycles. The SMILES string of the molecule is CC.CC1=NCCN1c1cccc(C2=CC(Cc3cccc(-n4ccnc4C)c3)=CC(C3=CC=CC(n4ccnc4C)C3C)=C=C2)c1. The number of nitrogens with zero attached hydrogens (tertiary/aromatic N) is 6. The number of hydrogen-bond acceptors (Lipinski definition) is 4. The zero-order valence-corrected chi connectivity index (χ0v) is 28.4. The van der Waals surface area contributed by atoms with Gasteiger partial charge in [0.05, 0.1) is 12.6 Å². The van der Waals surface area contributed by atoms with E-state index in [1.165, 1.54) is 28.0 Å². The highest BCUT2D eigenvalue weighted by Crippen LogP contribution is 2.37. The zero-order valence-electron chi connectivity index (χ0n) is 28.4. The molecule has 0 bridgehead atoms. The number of aromatic nitrogens is 4. The van der Waals surface area contributed by atoms with Crippen LogP contribution < -0.4 is 4.90 Å². The van der Waals surface area contributed by atoms with E-state index in [-0.39, 0.29) is 12.0 Å². The Morgan fingerprint density at radius 3 is 2.43 bits per heavy atom. The summed E-state index contributed by atoms with van der Waals surface area (Å²) in [5.74, 6) is 3.33. The summed E-state index contributed by atoms with van der Waals surface area (Å²) in [5.41, 5.74) is 13.2. The lowest BCUT2D eigenvalue weighted by molar-refractivity contribution is 0.461. The topological polar surface area (TPSA) is 51.2 Å². The van der Waals surface area contributed by atoms with Crippen LogP contribution in [0.2, 0.25) is 0 Å². The van der Waals surface area contributed by atoms with Crippen molar-refractivity contribution >= 4 is 17.1 Å². The van der Waals surface area contributed by atoms with Gasteiger partial charge in [0.25, 0.3) is 0 Å². The number of rotatable bonds is 7. The number of allylic oxidation sites excluding steroid dienone is 9. The van der Waals surface area contributed by atoms with Crippen molar-refractivity contribution in [2.45, 2.75) is 54.0 Å². The molecule has 2 aliphatic carbocycles. The monoisotopic (exact) mass is 620 g/mol. The predicted octanol–water partition coefficient (Wildman–Crippen LogP) is 8.97. The van der Waals surface area contributed by atoms with E-state index < -0.39 is 0 Å². The molecule has 4 aromatic rings. The summed E-state index contributed by atoms with van der Waals surface area (Å²) < 4.78 is 4.40. The number of aliphatic imine (C=N–C) groups is 1. The van der Waals surface area contributed by atoms with Crippen LogP contribution in [0.1, 0.15) is 56.5 Å². The highest BCUT2D eigenvalue weighted by Gasteiger charge is 2.25. The lowest BCUT2D eigenvalue weighted by atomic mass is 9.83. The van der Waals surface area contributed by atoms with Gasteiger partial charge in [0, 0.05) is 54.2 Å². The van der Waals surface area contributed by atoms with Gasteiger partial charge in [-0.3, -0.25) is 4.99 Å². The molecule has 238 valence electrons. The van der Waals surface area contributed by atoms with E-state index in [4.69, 9.17) is 0 Å². The smallest absolute Gasteiger partial charge is 0.110 e. The average Bonchev–Trinajstić information content (AvgIpc) is 3.81. The average molecular weight is 621 g/mol. The maximum atomic E-state index is 4.61. The lowest BCUT2D eigenvalue weighted by Gasteiger charge is -2.28. The maximum Gasteiger partial charge on any atom is 0.110 e. The first-order valence-corrected chi connectivity index (χ1v) is 16.7. The van der Waals surface area contributed by atoms with Gasteiger partial charge in [-0.1, -0.05) is 69.3 Å². The van der Waals surface area contributed by atoms with E-state index >= 15 is 0 Å². The van der Waals surface area contributed by atoms with Crippen LogP contribution in [0.15, 0.2) is 137 Å². The van der Waals surface area contributed by atoms with Crippen molar-refractivity contribution in [3.05, 3.63) is 155 Å². The second-order valence-electron chi connectivity index (χ2n) is 12.0. The van der Waals surface area contributed by atoms with Crippen molar-refractivity contribution in [2.24, 2.45) is 10.9 Å². The molecule has 6 nitrogen and oxygen atoms in total. The van der Waals surface area contributed by atoms with Crippen molar-refractivity contribution in [3.8, 4) is 5.69 Å². The third kappa shape index (κ3) is 6.70. The Morgan fingerprint density at radius 2 is 1.68 bits per heavy atom. The first-order valence-electron chi connectivity index (χ1n) is 16.7. The molecule has 2 unspecified atom stereocenters. The van der Waals surface area contributed by atoms with Crippen molar-refractivity contribution < 1.29 is 0 Å². The second-order valence-corrected chi connectivity index (χ2v) is 12.0. The second kappa shape index (κ2) is 14.1. The van der Waals surface area contributed by atoms with Crippen molar-refractivity contribution in [2.75, 3.05) is 18.0 Å². The number of anilines is 1. The van der Waals surface area contributed by atoms with E-state index in [0.717, 1.165) is 53.8 Å². The molecule has 0 saturated carbocycles. The fourth-order valence-corrected chi connectivity index (χ4v) is 6.68. The number of benzene rings is 2. The number of amidine groups is 1. The standard InChI is InChI=1S/C39H38N6.C2H6/c1-27-38(12-7-13-39(27)45-21-18-42-30(45)4)35-15-14-34(33-9-6-11-37(26-33)44-20-17-41-29(44)3)23-32(24-35)22-31-8-5-10-36(25-31)43-19-16-40-28(43)2;1-2/h5-14,16,18-19,21,23-27,39H,17,20,22H2,1-4H3;1-2H3. The molecule has 2 atom stereocenters. The molecule has 2 aromatic heterocycles. The fraction of sp³-hybridized carbons (Fsp3) is 0.268. The summed E-state index contributed by atoms with van der Waals surface area (Å²) in [6.07, 6.45) is 22.2. The van der Waals surface area contributed by atoms with Gasteiger partial charge in [-0.2, -0.15) is 0 Å². The number of imidazole rings is 2. The minimum atomic E-state index is 0.200. The van der Waals surface area contributed by atoms with Gasteiger partial charge in [0.2, 0.25) is 0 Å². The van der Waals surface area contributed by atoms with Gasteiger partial charge in [0.15, 0.2) is 0 Å². The minimum Gasteiger partial charge on any atom is -0.329 e. The van der Waals surface area contributed by atoms with Crippen LogP contribution in [-0.4, -0.2) is 38.0 Å². The normalized spacial score (nSPS) is 18.9. The quantitative estimate of drug-likeness (QED) is 0.194. The van der Waals surface area contributed by atoms with Crippen LogP contribution in [0.25, 0.3) is 11.3 Å². The van der Waals surface area contributed by atoms with Gasteiger partial charge < -0.3 is 14.0 Å². The summed E-state index contributed by atoms with van der Waals surface area (Å²) in [5, 5.41) is 0. The molecule has 0 amide bonds. The Labute approximate surface area is 279 Å². The third-order valence-corrected chi connectivity index (χ3v) is 9.10. The fourth-order valence-electron chi connectivity index (χ4n) is 6.68. The predicted molar refractivity (Wildman–Crippen MR) is 195 cm³/mol. The van der Waals surface area contributed by atoms with Gasteiger partial charge in [0.1, 0.15) is 17.5 Å². The Balaban J connectivity index is 0.00000190. The molecular formula is C41H44N6. The highest BCUT2D eigenvalue weighted by molar-refractivity contribution is 5.98. The highest BCUT2D eigenvalue weighted by atomic mass is 15.2. The zero-order chi connectivity index (χ0) is 32.9. The third-order valence-electron chi connectivity index (χ3n) is 9.10. The molecule has 2 aromatic carbocycles. The van der Waals surface area contributed by atoms with Crippen LogP contribution in [0, 0.1) is 19.8 Å². The van der Waals surface area contributed by atoms with Crippen LogP contribution in [0.5, 0.6) is 0 Å². The summed E-state index contributed by atoms with van der Waals surface area (Å²) >= 11 is 0. The molecule has 0 fully saturated rings. The molecule has 47 heavy (non-hydrogen) atoms. The molecule has 3 heterocycles. The number of aryl methyl sites for hydroxylation is 2. The molecule has 7 rings (SSSR count). The van der Waals surface area contributed by atoms with Crippen LogP contribution in [-0.2, 0) is 6.42 Å². The van der Waals surface area contributed by atoms with E-state index in [9.17, 15) is 0 Å². The van der Waals surface area contributed by atoms with E-state index in [2.05, 4.69) is 147 Å². The Morgan fingerprint density at radius 1 is 0.894 bits per heavy atom. The maximum absolute atomic E-state index is 4.61. The number of hydrogen-bond donors (Lipinski definition) is 0. The molecule has 0 spiro atoms. The van der Waals surface area contributed by atoms with Crippen LogP contribution in [0.3, 0.4) is 0 Å². The van der Waals surface area contributed by atoms with E-state index in [1.54, 1.807) is 0 Å². The van der Waals surface area contributed by atoms with E-state index in [1.807, 2.05) is 39.4 Å². The van der Waals surface area contributed by atoms with Crippen LogP contribution in [0.4, 0.5) is 5.69 Å². The van der Waals surface area contributed by atoms with Crippen molar-refractivity contribution in [3.63, 3.8) is 0 Å². The van der Waals surface area contributed by atoms with Gasteiger partial charge in [-0.15, -0.1) is 5.73 Å². The summed E-state index contributed by atoms with van der Waals surface area (Å²) in [6.45, 7) is 14.3. The minimum absolute atomic E-state index is 0.200. The van der Waals surface area contributed by atoms with Crippen molar-refractivity contribution in [1.29, 1.82) is 0 Å². The molecular weight excluding hydrogens is 576 g/mol. The van der Waals surface area contributed by atoms with Gasteiger partial charge in [-0.05, 0) is 91.5 Å². The molecule has 0 N–H and O–H groups in total. The lowest BCUT2D eigenvalue weighted by Crippen LogP contribution is -2.24. The van der Waals surface area contributed by atoms with Gasteiger partial charge in [-0.25, -0.2) is 9.97 Å². The molecule has 0 radical (unpaired) electrons. The first kappa shape index (κ1) is 31.8. The molecule has 1 aliphatic heterocycles. The van der Waals surface area contributed by atoms with Gasteiger partial charge >= 0.3 is 0 Å². The molecule has 6 heteroatoms. The Hall–Kier alpha value is -5.19. The van der Waals surface area contributed by atoms with E-state index in [0.29, 0.717) is 0 Å². The summed E-state index contributed by atoms with van der Waals surface area (Å²) in [4.78, 5) is 15.8.